The Labute approximate surface area is 387 Å². The Morgan fingerprint density at radius 2 is 1.34 bits per heavy atom. The maximum atomic E-state index is 14.2. The molecule has 7 aliphatic rings. The number of anilines is 2. The first-order valence-corrected chi connectivity index (χ1v) is 23.4. The van der Waals surface area contributed by atoms with Gasteiger partial charge in [0.15, 0.2) is 0 Å². The fourth-order valence-corrected chi connectivity index (χ4v) is 10.9. The number of benzene rings is 4. The van der Waals surface area contributed by atoms with Crippen molar-refractivity contribution in [1.29, 1.82) is 0 Å². The molecule has 2 unspecified atom stereocenters. The zero-order valence-corrected chi connectivity index (χ0v) is 37.3. The van der Waals surface area contributed by atoms with Crippen LogP contribution in [-0.2, 0) is 50.6 Å². The number of halogens is 3. The zero-order valence-electron chi connectivity index (χ0n) is 37.3. The highest BCUT2D eigenvalue weighted by Gasteiger charge is 2.51. The summed E-state index contributed by atoms with van der Waals surface area (Å²) in [5, 5.41) is 9.01. The van der Waals surface area contributed by atoms with Gasteiger partial charge in [-0.1, -0.05) is 30.3 Å². The van der Waals surface area contributed by atoms with Crippen LogP contribution in [0.3, 0.4) is 0 Å². The first kappa shape index (κ1) is 44.7. The molecule has 0 aromatic heterocycles. The molecule has 6 heterocycles. The van der Waals surface area contributed by atoms with Crippen molar-refractivity contribution >= 4 is 35.4 Å². The number of nitrogens with zero attached hydrogens (tertiary/aromatic N) is 3. The maximum Gasteiger partial charge on any atom is 0.322 e. The molecule has 1 saturated carbocycles. The smallest absolute Gasteiger partial charge is 0.322 e. The van der Waals surface area contributed by atoms with Crippen LogP contribution >= 0.6 is 0 Å². The number of hydrogen-bond acceptors (Lipinski definition) is 7. The van der Waals surface area contributed by atoms with E-state index in [0.717, 1.165) is 66.8 Å². The number of hydrogen-bond donors (Lipinski definition) is 3. The molecule has 2 atom stereocenters. The van der Waals surface area contributed by atoms with Crippen molar-refractivity contribution in [3.05, 3.63) is 130 Å². The van der Waals surface area contributed by atoms with Crippen molar-refractivity contribution in [2.45, 2.75) is 113 Å². The normalized spacial score (nSPS) is 24.5. The molecular weight excluding hydrogens is 866 g/mol. The Balaban J connectivity index is 0.622. The van der Waals surface area contributed by atoms with Crippen molar-refractivity contribution in [3.8, 4) is 0 Å². The Kier molecular flexibility index (Phi) is 12.3. The van der Waals surface area contributed by atoms with Gasteiger partial charge >= 0.3 is 24.1 Å². The molecule has 67 heavy (non-hydrogen) atoms. The second-order valence-electron chi connectivity index (χ2n) is 19.2. The zero-order chi connectivity index (χ0) is 46.3. The molecule has 16 heteroatoms. The number of piperidine rings is 1. The van der Waals surface area contributed by atoms with Crippen LogP contribution < -0.4 is 16.0 Å². The van der Waals surface area contributed by atoms with Crippen LogP contribution in [0.15, 0.2) is 78.9 Å². The van der Waals surface area contributed by atoms with Crippen molar-refractivity contribution in [3.63, 3.8) is 0 Å². The van der Waals surface area contributed by atoms with Crippen LogP contribution in [-0.4, -0.2) is 89.4 Å². The van der Waals surface area contributed by atoms with Gasteiger partial charge in [-0.2, -0.15) is 0 Å². The number of urea groups is 3. The molecule has 352 valence electrons. The molecule has 2 bridgehead atoms. The minimum atomic E-state index is -0.658. The van der Waals surface area contributed by atoms with Crippen LogP contribution in [0.1, 0.15) is 97.1 Å². The molecule has 3 N–H and O–H groups in total. The Morgan fingerprint density at radius 3 is 2.04 bits per heavy atom. The summed E-state index contributed by atoms with van der Waals surface area (Å²) in [5.74, 6) is -1.67. The fourth-order valence-electron chi connectivity index (χ4n) is 10.9. The number of carbonyl (C=O) groups is 4. The van der Waals surface area contributed by atoms with Crippen molar-refractivity contribution in [1.82, 2.24) is 20.0 Å². The number of rotatable bonds is 9. The van der Waals surface area contributed by atoms with E-state index in [0.29, 0.717) is 74.7 Å². The molecule has 0 spiro atoms. The summed E-state index contributed by atoms with van der Waals surface area (Å²) >= 11 is 0. The Bertz CT molecular complexity index is 2510. The third-order valence-corrected chi connectivity index (χ3v) is 15.0. The van der Waals surface area contributed by atoms with Gasteiger partial charge < -0.3 is 44.9 Å². The third kappa shape index (κ3) is 9.69. The number of likely N-dealkylation sites (tertiary alicyclic amines) is 1. The number of amides is 6. The number of ether oxygens (including phenoxy) is 3. The van der Waals surface area contributed by atoms with E-state index in [1.807, 2.05) is 53.4 Å². The van der Waals surface area contributed by atoms with Crippen molar-refractivity contribution in [2.75, 3.05) is 43.5 Å². The van der Waals surface area contributed by atoms with E-state index in [-0.39, 0.29) is 79.5 Å². The van der Waals surface area contributed by atoms with E-state index < -0.39 is 17.2 Å². The van der Waals surface area contributed by atoms with Gasteiger partial charge in [0.25, 0.3) is 0 Å². The van der Waals surface area contributed by atoms with Gasteiger partial charge in [-0.05, 0) is 128 Å². The Hall–Kier alpha value is -6.13. The van der Waals surface area contributed by atoms with Gasteiger partial charge in [-0.15, -0.1) is 0 Å². The first-order chi connectivity index (χ1) is 32.4. The Morgan fingerprint density at radius 1 is 0.687 bits per heavy atom. The molecular formula is C51H55F3N6O7. The minimum absolute atomic E-state index is 0.0798. The lowest BCUT2D eigenvalue weighted by Crippen LogP contribution is -2.54. The van der Waals surface area contributed by atoms with Crippen LogP contribution in [0.5, 0.6) is 0 Å². The molecule has 5 fully saturated rings. The summed E-state index contributed by atoms with van der Waals surface area (Å²) in [7, 11) is 0. The van der Waals surface area contributed by atoms with E-state index in [2.05, 4.69) is 16.0 Å². The third-order valence-electron chi connectivity index (χ3n) is 15.0. The van der Waals surface area contributed by atoms with Gasteiger partial charge in [-0.25, -0.2) is 27.6 Å². The van der Waals surface area contributed by atoms with Crippen LogP contribution in [0, 0.1) is 17.5 Å². The molecule has 6 aliphatic heterocycles. The van der Waals surface area contributed by atoms with Gasteiger partial charge in [0.2, 0.25) is 0 Å². The molecule has 4 saturated heterocycles. The van der Waals surface area contributed by atoms with Crippen molar-refractivity contribution in [2.24, 2.45) is 0 Å². The quantitative estimate of drug-likeness (QED) is 0.143. The minimum Gasteiger partial charge on any atom is -0.463 e. The van der Waals surface area contributed by atoms with Gasteiger partial charge in [0.05, 0.1) is 31.3 Å². The van der Waals surface area contributed by atoms with Gasteiger partial charge in [0, 0.05) is 73.8 Å². The summed E-state index contributed by atoms with van der Waals surface area (Å²) in [6.07, 6.45) is 5.87. The predicted molar refractivity (Wildman–Crippen MR) is 241 cm³/mol. The molecule has 6 amide bonds. The first-order valence-electron chi connectivity index (χ1n) is 23.4. The van der Waals surface area contributed by atoms with Crippen molar-refractivity contribution < 1.29 is 46.6 Å². The summed E-state index contributed by atoms with van der Waals surface area (Å²) in [6, 6.07) is 21.5. The van der Waals surface area contributed by atoms with E-state index in [1.165, 1.54) is 23.1 Å². The lowest BCUT2D eigenvalue weighted by atomic mass is 9.62. The molecule has 4 aromatic rings. The fraction of sp³-hybridized carbons (Fsp3) is 0.451. The van der Waals surface area contributed by atoms with E-state index in [9.17, 15) is 32.3 Å². The second kappa shape index (κ2) is 18.5. The highest BCUT2D eigenvalue weighted by Crippen LogP contribution is 2.52. The lowest BCUT2D eigenvalue weighted by molar-refractivity contribution is -0.181. The lowest BCUT2D eigenvalue weighted by Gasteiger charge is -2.53. The van der Waals surface area contributed by atoms with Gasteiger partial charge in [-0.3, -0.25) is 4.79 Å². The standard InChI is InChI=1S/C51H55F3N6O7/c52-38-6-1-34-26-59(27-35(34)21-38)48(63)56-41-9-4-37(5-10-41)50-14-16-51(17-15-50,67-31-50)25-46(61)66-30-43-24-42(13-20-65-43)57-47(62)58-18-11-33(12-19-58)32-2-7-40(8-3-32)55-49(64)60-28-36-22-39(53)23-45(54)44(36)29-60/h1-10,21-23,33,42-43H,11-20,24-31H2,(H,55,64)(H,56,63)(H,57,62). The number of nitrogens with one attached hydrogen (secondary N) is 3. The average Bonchev–Trinajstić information content (AvgIpc) is 3.97. The number of carbonyl (C=O) groups excluding carboxylic acids is 4. The van der Waals surface area contributed by atoms with E-state index in [1.54, 1.807) is 11.0 Å². The van der Waals surface area contributed by atoms with Crippen LogP contribution in [0.2, 0.25) is 0 Å². The van der Waals surface area contributed by atoms with Crippen LogP contribution in [0.4, 0.5) is 38.9 Å². The highest BCUT2D eigenvalue weighted by molar-refractivity contribution is 5.90. The van der Waals surface area contributed by atoms with Gasteiger partial charge in [0.1, 0.15) is 24.1 Å². The average molecular weight is 921 g/mol. The predicted octanol–water partition coefficient (Wildman–Crippen LogP) is 8.85. The maximum absolute atomic E-state index is 14.2. The SMILES string of the molecule is O=C(CC12CCC(c3ccc(NC(=O)N4Cc5ccc(F)cc5C4)cc3)(CC1)CO2)OCC1CC(NC(=O)N2CCC(c3ccc(NC(=O)N4Cc5cc(F)cc(F)c5C4)cc3)CC2)CCO1. The number of fused-ring (bicyclic) bond motifs is 5. The molecule has 1 aliphatic carbocycles. The summed E-state index contributed by atoms with van der Waals surface area (Å²) < 4.78 is 59.7. The molecule has 13 nitrogen and oxygen atoms in total. The monoisotopic (exact) mass is 920 g/mol. The van der Waals surface area contributed by atoms with E-state index >= 15 is 0 Å². The molecule has 11 rings (SSSR count). The summed E-state index contributed by atoms with van der Waals surface area (Å²) in [5.41, 5.74) is 5.43. The molecule has 4 aromatic carbocycles. The van der Waals surface area contributed by atoms with E-state index in [4.69, 9.17) is 14.2 Å². The molecule has 0 radical (unpaired) electrons. The number of esters is 1. The topological polar surface area (TPSA) is 142 Å². The second-order valence-corrected chi connectivity index (χ2v) is 19.2. The summed E-state index contributed by atoms with van der Waals surface area (Å²) in [6.45, 7) is 3.29. The summed E-state index contributed by atoms with van der Waals surface area (Å²) in [4.78, 5) is 57.4. The van der Waals surface area contributed by atoms with Crippen LogP contribution in [0.25, 0.3) is 0 Å². The largest absolute Gasteiger partial charge is 0.463 e. The highest BCUT2D eigenvalue weighted by atomic mass is 19.1.